The normalized spacial score (nSPS) is 20.2. The predicted octanol–water partition coefficient (Wildman–Crippen LogP) is 2.77. The molecule has 1 aliphatic heterocycles. The van der Waals surface area contributed by atoms with Crippen LogP contribution < -0.4 is 5.32 Å². The molecule has 0 spiro atoms. The lowest BCUT2D eigenvalue weighted by atomic mass is 9.93. The smallest absolute Gasteiger partial charge is 0.328 e. The fourth-order valence-electron chi connectivity index (χ4n) is 2.46. The van der Waals surface area contributed by atoms with E-state index in [4.69, 9.17) is 9.47 Å². The molecule has 1 heterocycles. The van der Waals surface area contributed by atoms with Crippen molar-refractivity contribution in [1.29, 1.82) is 0 Å². The van der Waals surface area contributed by atoms with Gasteiger partial charge in [0.25, 0.3) is 0 Å². The molecule has 1 aromatic rings. The second kappa shape index (κ2) is 7.29. The maximum Gasteiger partial charge on any atom is 0.328 e. The van der Waals surface area contributed by atoms with Gasteiger partial charge in [0.1, 0.15) is 6.04 Å². The number of hydrogen-bond acceptors (Lipinski definition) is 4. The van der Waals surface area contributed by atoms with Crippen LogP contribution in [0.15, 0.2) is 24.3 Å². The molecule has 0 radical (unpaired) electrons. The summed E-state index contributed by atoms with van der Waals surface area (Å²) in [6.07, 6.45) is 1.98. The Labute approximate surface area is 120 Å². The van der Waals surface area contributed by atoms with Crippen molar-refractivity contribution in [2.24, 2.45) is 5.92 Å². The Balaban J connectivity index is 2.08. The first kappa shape index (κ1) is 14.9. The van der Waals surface area contributed by atoms with E-state index in [0.717, 1.165) is 25.1 Å². The Morgan fingerprint density at radius 1 is 1.45 bits per heavy atom. The van der Waals surface area contributed by atoms with Crippen LogP contribution >= 0.6 is 0 Å². The summed E-state index contributed by atoms with van der Waals surface area (Å²) in [6, 6.07) is 7.71. The van der Waals surface area contributed by atoms with Gasteiger partial charge in [-0.2, -0.15) is 0 Å². The van der Waals surface area contributed by atoms with Crippen molar-refractivity contribution in [2.45, 2.75) is 32.7 Å². The molecule has 0 aliphatic carbocycles. The summed E-state index contributed by atoms with van der Waals surface area (Å²) in [4.78, 5) is 12.2. The van der Waals surface area contributed by atoms with E-state index in [1.165, 1.54) is 5.56 Å². The minimum atomic E-state index is -0.335. The van der Waals surface area contributed by atoms with Crippen LogP contribution in [0.25, 0.3) is 0 Å². The molecule has 1 saturated heterocycles. The topological polar surface area (TPSA) is 47.6 Å². The lowest BCUT2D eigenvalue weighted by molar-refractivity contribution is -0.146. The number of nitrogens with one attached hydrogen (secondary N) is 1. The van der Waals surface area contributed by atoms with Gasteiger partial charge in [-0.3, -0.25) is 0 Å². The molecule has 1 aliphatic rings. The number of ether oxygens (including phenoxy) is 2. The van der Waals surface area contributed by atoms with Crippen LogP contribution in [0.2, 0.25) is 0 Å². The molecule has 2 unspecified atom stereocenters. The zero-order chi connectivity index (χ0) is 14.4. The van der Waals surface area contributed by atoms with E-state index >= 15 is 0 Å². The van der Waals surface area contributed by atoms with Gasteiger partial charge in [0.2, 0.25) is 0 Å². The molecule has 0 saturated carbocycles. The fraction of sp³-hybridized carbons (Fsp3) is 0.562. The molecule has 0 amide bonds. The standard InChI is InChI=1S/C16H23NO3/c1-3-20-16(18)15(13-5-4-10-19-11-13)17-14-8-6-12(2)7-9-14/h6-9,13,15,17H,3-5,10-11H2,1-2H3. The Morgan fingerprint density at radius 3 is 2.80 bits per heavy atom. The third kappa shape index (κ3) is 3.97. The number of aryl methyl sites for hydroxylation is 1. The van der Waals surface area contributed by atoms with Gasteiger partial charge in [-0.25, -0.2) is 4.79 Å². The molecule has 0 bridgehead atoms. The number of anilines is 1. The molecule has 1 aromatic carbocycles. The van der Waals surface area contributed by atoms with E-state index in [0.29, 0.717) is 13.2 Å². The summed E-state index contributed by atoms with van der Waals surface area (Å²) in [6.45, 7) is 5.68. The monoisotopic (exact) mass is 277 g/mol. The van der Waals surface area contributed by atoms with E-state index in [1.54, 1.807) is 0 Å². The van der Waals surface area contributed by atoms with Gasteiger partial charge in [0, 0.05) is 18.2 Å². The van der Waals surface area contributed by atoms with E-state index in [-0.39, 0.29) is 17.9 Å². The van der Waals surface area contributed by atoms with Crippen molar-refractivity contribution >= 4 is 11.7 Å². The summed E-state index contributed by atoms with van der Waals surface area (Å²) in [5, 5.41) is 3.31. The van der Waals surface area contributed by atoms with Crippen LogP contribution in [-0.4, -0.2) is 31.8 Å². The summed E-state index contributed by atoms with van der Waals surface area (Å²) in [5.41, 5.74) is 2.14. The van der Waals surface area contributed by atoms with Gasteiger partial charge < -0.3 is 14.8 Å². The van der Waals surface area contributed by atoms with Crippen LogP contribution in [0.3, 0.4) is 0 Å². The molecule has 2 atom stereocenters. The van der Waals surface area contributed by atoms with Gasteiger partial charge >= 0.3 is 5.97 Å². The van der Waals surface area contributed by atoms with E-state index in [2.05, 4.69) is 5.32 Å². The van der Waals surface area contributed by atoms with Crippen molar-refractivity contribution in [1.82, 2.24) is 0 Å². The quantitative estimate of drug-likeness (QED) is 0.841. The highest BCUT2D eigenvalue weighted by atomic mass is 16.5. The van der Waals surface area contributed by atoms with Crippen molar-refractivity contribution < 1.29 is 14.3 Å². The minimum absolute atomic E-state index is 0.170. The number of hydrogen-bond donors (Lipinski definition) is 1. The van der Waals surface area contributed by atoms with Crippen molar-refractivity contribution in [2.75, 3.05) is 25.1 Å². The summed E-state index contributed by atoms with van der Waals surface area (Å²) < 4.78 is 10.7. The highest BCUT2D eigenvalue weighted by Crippen LogP contribution is 2.22. The molecular formula is C16H23NO3. The second-order valence-corrected chi connectivity index (χ2v) is 5.22. The highest BCUT2D eigenvalue weighted by molar-refractivity contribution is 5.79. The van der Waals surface area contributed by atoms with Gasteiger partial charge in [0.15, 0.2) is 0 Å². The Morgan fingerprint density at radius 2 is 2.20 bits per heavy atom. The summed E-state index contributed by atoms with van der Waals surface area (Å²) in [7, 11) is 0. The third-order valence-electron chi connectivity index (χ3n) is 3.58. The Kier molecular flexibility index (Phi) is 5.41. The van der Waals surface area contributed by atoms with Gasteiger partial charge in [-0.1, -0.05) is 17.7 Å². The maximum absolute atomic E-state index is 12.2. The number of rotatable bonds is 5. The number of esters is 1. The molecule has 110 valence electrons. The predicted molar refractivity (Wildman–Crippen MR) is 78.8 cm³/mol. The summed E-state index contributed by atoms with van der Waals surface area (Å²) >= 11 is 0. The van der Waals surface area contributed by atoms with E-state index < -0.39 is 0 Å². The largest absolute Gasteiger partial charge is 0.464 e. The molecule has 0 aromatic heterocycles. The van der Waals surface area contributed by atoms with Crippen LogP contribution in [0.1, 0.15) is 25.3 Å². The van der Waals surface area contributed by atoms with Gasteiger partial charge in [-0.05, 0) is 38.8 Å². The first-order chi connectivity index (χ1) is 9.70. The number of carbonyl (C=O) groups excluding carboxylic acids is 1. The molecular weight excluding hydrogens is 254 g/mol. The highest BCUT2D eigenvalue weighted by Gasteiger charge is 2.31. The Hall–Kier alpha value is -1.55. The van der Waals surface area contributed by atoms with Crippen molar-refractivity contribution in [3.63, 3.8) is 0 Å². The van der Waals surface area contributed by atoms with Crippen LogP contribution in [0, 0.1) is 12.8 Å². The first-order valence-corrected chi connectivity index (χ1v) is 7.28. The lowest BCUT2D eigenvalue weighted by Crippen LogP contribution is -2.42. The van der Waals surface area contributed by atoms with Gasteiger partial charge in [0.05, 0.1) is 13.2 Å². The lowest BCUT2D eigenvalue weighted by Gasteiger charge is -2.30. The van der Waals surface area contributed by atoms with Gasteiger partial charge in [-0.15, -0.1) is 0 Å². The molecule has 1 fully saturated rings. The molecule has 2 rings (SSSR count). The van der Waals surface area contributed by atoms with E-state index in [9.17, 15) is 4.79 Å². The number of carbonyl (C=O) groups is 1. The number of benzene rings is 1. The van der Waals surface area contributed by atoms with Crippen LogP contribution in [0.5, 0.6) is 0 Å². The fourth-order valence-corrected chi connectivity index (χ4v) is 2.46. The first-order valence-electron chi connectivity index (χ1n) is 7.28. The van der Waals surface area contributed by atoms with Crippen LogP contribution in [0.4, 0.5) is 5.69 Å². The molecule has 4 nitrogen and oxygen atoms in total. The zero-order valence-electron chi connectivity index (χ0n) is 12.2. The maximum atomic E-state index is 12.2. The summed E-state index contributed by atoms with van der Waals surface area (Å²) in [5.74, 6) is -0.0207. The van der Waals surface area contributed by atoms with Crippen molar-refractivity contribution in [3.05, 3.63) is 29.8 Å². The van der Waals surface area contributed by atoms with Crippen LogP contribution in [-0.2, 0) is 14.3 Å². The molecule has 20 heavy (non-hydrogen) atoms. The SMILES string of the molecule is CCOC(=O)C(Nc1ccc(C)cc1)C1CCCOC1. The zero-order valence-corrected chi connectivity index (χ0v) is 12.2. The van der Waals surface area contributed by atoms with Crippen molar-refractivity contribution in [3.8, 4) is 0 Å². The average molecular weight is 277 g/mol. The molecule has 4 heteroatoms. The van der Waals surface area contributed by atoms with E-state index in [1.807, 2.05) is 38.1 Å². The minimum Gasteiger partial charge on any atom is -0.464 e. The second-order valence-electron chi connectivity index (χ2n) is 5.22. The molecule has 1 N–H and O–H groups in total. The Bertz CT molecular complexity index is 424. The third-order valence-corrected chi connectivity index (χ3v) is 3.58. The average Bonchev–Trinajstić information content (AvgIpc) is 2.48.